The van der Waals surface area contributed by atoms with Crippen LogP contribution in [0.3, 0.4) is 0 Å². The summed E-state index contributed by atoms with van der Waals surface area (Å²) in [7, 11) is -2.33. The van der Waals surface area contributed by atoms with Crippen molar-refractivity contribution < 1.29 is 17.9 Å². The molecular formula is C24H26N2O4S2. The monoisotopic (exact) mass is 470 g/mol. The van der Waals surface area contributed by atoms with Gasteiger partial charge in [0.15, 0.2) is 0 Å². The highest BCUT2D eigenvalue weighted by Crippen LogP contribution is 2.28. The molecule has 0 aliphatic heterocycles. The molecule has 168 valence electrons. The molecule has 0 saturated heterocycles. The van der Waals surface area contributed by atoms with E-state index < -0.39 is 10.0 Å². The van der Waals surface area contributed by atoms with E-state index >= 15 is 0 Å². The van der Waals surface area contributed by atoms with Crippen molar-refractivity contribution in [2.24, 2.45) is 0 Å². The van der Waals surface area contributed by atoms with Gasteiger partial charge in [0.2, 0.25) is 5.91 Å². The molecule has 0 aliphatic carbocycles. The summed E-state index contributed by atoms with van der Waals surface area (Å²) in [5, 5.41) is 2.52. The van der Waals surface area contributed by atoms with Crippen molar-refractivity contribution in [3.05, 3.63) is 77.9 Å². The lowest BCUT2D eigenvalue weighted by Crippen LogP contribution is -2.22. The molecule has 0 aliphatic rings. The fraction of sp³-hybridized carbons (Fsp3) is 0.208. The zero-order valence-electron chi connectivity index (χ0n) is 18.4. The summed E-state index contributed by atoms with van der Waals surface area (Å²) in [6.07, 6.45) is 0. The predicted molar refractivity (Wildman–Crippen MR) is 130 cm³/mol. The van der Waals surface area contributed by atoms with E-state index in [2.05, 4.69) is 10.0 Å². The Morgan fingerprint density at radius 3 is 2.19 bits per heavy atom. The highest BCUT2D eigenvalue weighted by Gasteiger charge is 2.18. The summed E-state index contributed by atoms with van der Waals surface area (Å²) < 4.78 is 33.4. The van der Waals surface area contributed by atoms with Crippen LogP contribution in [0, 0.1) is 13.8 Å². The first kappa shape index (κ1) is 23.7. The molecule has 0 fully saturated rings. The molecule has 1 amide bonds. The molecule has 2 N–H and O–H groups in total. The minimum absolute atomic E-state index is 0.0844. The molecule has 0 unspecified atom stereocenters. The van der Waals surface area contributed by atoms with Gasteiger partial charge in [-0.3, -0.25) is 9.52 Å². The first-order valence-electron chi connectivity index (χ1n) is 9.99. The van der Waals surface area contributed by atoms with Crippen LogP contribution in [0.5, 0.6) is 5.75 Å². The van der Waals surface area contributed by atoms with Crippen LogP contribution >= 0.6 is 11.8 Å². The Kier molecular flexibility index (Phi) is 7.48. The smallest absolute Gasteiger partial charge is 0.262 e. The third kappa shape index (κ3) is 6.05. The van der Waals surface area contributed by atoms with Gasteiger partial charge in [0.25, 0.3) is 10.0 Å². The lowest BCUT2D eigenvalue weighted by Gasteiger charge is -2.14. The maximum Gasteiger partial charge on any atom is 0.262 e. The number of anilines is 2. The van der Waals surface area contributed by atoms with Gasteiger partial charge >= 0.3 is 0 Å². The molecule has 0 saturated carbocycles. The minimum atomic E-state index is -3.82. The number of sulfonamides is 1. The van der Waals surface area contributed by atoms with E-state index in [0.717, 1.165) is 16.0 Å². The highest BCUT2D eigenvalue weighted by molar-refractivity contribution is 8.00. The average molecular weight is 471 g/mol. The maximum absolute atomic E-state index is 12.8. The van der Waals surface area contributed by atoms with Crippen molar-refractivity contribution in [3.63, 3.8) is 0 Å². The fourth-order valence-corrected chi connectivity index (χ4v) is 4.87. The summed E-state index contributed by atoms with van der Waals surface area (Å²) in [5.41, 5.74) is 2.96. The molecule has 0 radical (unpaired) electrons. The van der Waals surface area contributed by atoms with Gasteiger partial charge in [0.05, 0.1) is 22.9 Å². The van der Waals surface area contributed by atoms with E-state index in [9.17, 15) is 13.2 Å². The standard InChI is InChI=1S/C24H26N2O4S2/c1-16-5-10-20(11-6-16)31-18(3)24(27)25-19-8-12-21(13-9-19)32(28,29)26-22-15-17(2)7-14-23(22)30-4/h5-15,18,26H,1-4H3,(H,25,27)/t18-/m1/s1. The molecule has 0 bridgehead atoms. The molecule has 3 rings (SSSR count). The van der Waals surface area contributed by atoms with Crippen LogP contribution < -0.4 is 14.8 Å². The van der Waals surface area contributed by atoms with Crippen molar-refractivity contribution in [2.45, 2.75) is 35.8 Å². The largest absolute Gasteiger partial charge is 0.495 e. The first-order valence-corrected chi connectivity index (χ1v) is 12.4. The molecular weight excluding hydrogens is 444 g/mol. The van der Waals surface area contributed by atoms with Gasteiger partial charge in [0, 0.05) is 10.6 Å². The molecule has 3 aromatic rings. The number of hydrogen-bond acceptors (Lipinski definition) is 5. The second-order valence-corrected chi connectivity index (χ2v) is 10.5. The number of nitrogens with one attached hydrogen (secondary N) is 2. The Balaban J connectivity index is 1.66. The Morgan fingerprint density at radius 1 is 0.938 bits per heavy atom. The van der Waals surface area contributed by atoms with Crippen LogP contribution in [0.15, 0.2) is 76.5 Å². The van der Waals surface area contributed by atoms with Crippen LogP contribution in [-0.2, 0) is 14.8 Å². The van der Waals surface area contributed by atoms with E-state index in [-0.39, 0.29) is 16.1 Å². The average Bonchev–Trinajstić information content (AvgIpc) is 2.75. The lowest BCUT2D eigenvalue weighted by molar-refractivity contribution is -0.115. The number of methoxy groups -OCH3 is 1. The zero-order chi connectivity index (χ0) is 23.3. The second kappa shape index (κ2) is 10.1. The summed E-state index contributed by atoms with van der Waals surface area (Å²) in [6, 6.07) is 19.3. The number of hydrogen-bond donors (Lipinski definition) is 2. The SMILES string of the molecule is COc1ccc(C)cc1NS(=O)(=O)c1ccc(NC(=O)[C@@H](C)Sc2ccc(C)cc2)cc1. The molecule has 3 aromatic carbocycles. The molecule has 6 nitrogen and oxygen atoms in total. The van der Waals surface area contributed by atoms with Gasteiger partial charge in [-0.15, -0.1) is 11.8 Å². The molecule has 0 aromatic heterocycles. The fourth-order valence-electron chi connectivity index (χ4n) is 2.94. The van der Waals surface area contributed by atoms with Crippen molar-refractivity contribution in [2.75, 3.05) is 17.1 Å². The third-order valence-electron chi connectivity index (χ3n) is 4.73. The van der Waals surface area contributed by atoms with E-state index in [1.165, 1.54) is 31.0 Å². The molecule has 1 atom stereocenters. The van der Waals surface area contributed by atoms with E-state index in [1.807, 2.05) is 51.1 Å². The zero-order valence-corrected chi connectivity index (χ0v) is 20.0. The van der Waals surface area contributed by atoms with Crippen molar-refractivity contribution >= 4 is 39.1 Å². The Hall–Kier alpha value is -2.97. The molecule has 0 spiro atoms. The van der Waals surface area contributed by atoms with Crippen LogP contribution in [0.2, 0.25) is 0 Å². The lowest BCUT2D eigenvalue weighted by atomic mass is 10.2. The summed E-state index contributed by atoms with van der Waals surface area (Å²) in [4.78, 5) is 13.6. The molecule has 0 heterocycles. The Morgan fingerprint density at radius 2 is 1.56 bits per heavy atom. The number of thioether (sulfide) groups is 1. The highest BCUT2D eigenvalue weighted by atomic mass is 32.2. The number of rotatable bonds is 8. The summed E-state index contributed by atoms with van der Waals surface area (Å²) in [6.45, 7) is 5.71. The first-order chi connectivity index (χ1) is 15.2. The van der Waals surface area contributed by atoms with Gasteiger partial charge in [-0.25, -0.2) is 8.42 Å². The number of carbonyl (C=O) groups is 1. The number of carbonyl (C=O) groups excluding carboxylic acids is 1. The Labute approximate surface area is 193 Å². The van der Waals surface area contributed by atoms with Crippen LogP contribution in [-0.4, -0.2) is 26.7 Å². The van der Waals surface area contributed by atoms with Gasteiger partial charge in [-0.1, -0.05) is 23.8 Å². The third-order valence-corrected chi connectivity index (χ3v) is 7.23. The van der Waals surface area contributed by atoms with E-state index in [1.54, 1.807) is 24.3 Å². The minimum Gasteiger partial charge on any atom is -0.495 e. The topological polar surface area (TPSA) is 84.5 Å². The van der Waals surface area contributed by atoms with Crippen LogP contribution in [0.1, 0.15) is 18.1 Å². The van der Waals surface area contributed by atoms with Crippen LogP contribution in [0.4, 0.5) is 11.4 Å². The number of benzene rings is 3. The second-order valence-electron chi connectivity index (χ2n) is 7.40. The van der Waals surface area contributed by atoms with E-state index in [4.69, 9.17) is 4.74 Å². The van der Waals surface area contributed by atoms with E-state index in [0.29, 0.717) is 17.1 Å². The summed E-state index contributed by atoms with van der Waals surface area (Å²) in [5.74, 6) is 0.275. The maximum atomic E-state index is 12.8. The number of aryl methyl sites for hydroxylation is 2. The van der Waals surface area contributed by atoms with Gasteiger partial charge in [-0.2, -0.15) is 0 Å². The van der Waals surface area contributed by atoms with Crippen molar-refractivity contribution in [3.8, 4) is 5.75 Å². The summed E-state index contributed by atoms with van der Waals surface area (Å²) >= 11 is 1.46. The number of ether oxygens (including phenoxy) is 1. The van der Waals surface area contributed by atoms with Gasteiger partial charge in [-0.05, 0) is 74.9 Å². The van der Waals surface area contributed by atoms with Crippen LogP contribution in [0.25, 0.3) is 0 Å². The Bertz CT molecular complexity index is 1190. The molecule has 32 heavy (non-hydrogen) atoms. The quantitative estimate of drug-likeness (QED) is 0.440. The molecule has 8 heteroatoms. The van der Waals surface area contributed by atoms with Crippen molar-refractivity contribution in [1.82, 2.24) is 0 Å². The van der Waals surface area contributed by atoms with Gasteiger partial charge in [0.1, 0.15) is 5.75 Å². The predicted octanol–water partition coefficient (Wildman–Crippen LogP) is 5.23. The normalized spacial score (nSPS) is 12.1. The number of amides is 1. The van der Waals surface area contributed by atoms with Gasteiger partial charge < -0.3 is 10.1 Å². The van der Waals surface area contributed by atoms with Crippen molar-refractivity contribution in [1.29, 1.82) is 0 Å².